The van der Waals surface area contributed by atoms with Crippen LogP contribution < -0.4 is 5.32 Å². The zero-order valence-electron chi connectivity index (χ0n) is 11.0. The molecule has 1 saturated heterocycles. The fourth-order valence-corrected chi connectivity index (χ4v) is 2.44. The van der Waals surface area contributed by atoms with Crippen LogP contribution >= 0.6 is 0 Å². The number of aryl methyl sites for hydroxylation is 1. The van der Waals surface area contributed by atoms with Crippen molar-refractivity contribution in [2.24, 2.45) is 0 Å². The lowest BCUT2D eigenvalue weighted by Crippen LogP contribution is -2.42. The largest absolute Gasteiger partial charge is 0.338 e. The Morgan fingerprint density at radius 1 is 1.61 bits per heavy atom. The number of aromatic nitrogens is 2. The molecule has 100 valence electrons. The van der Waals surface area contributed by atoms with Gasteiger partial charge >= 0.3 is 0 Å². The van der Waals surface area contributed by atoms with E-state index in [1.807, 2.05) is 10.8 Å². The highest BCUT2D eigenvalue weighted by Crippen LogP contribution is 2.11. The summed E-state index contributed by atoms with van der Waals surface area (Å²) in [5.41, 5.74) is 0. The van der Waals surface area contributed by atoms with Gasteiger partial charge in [0.25, 0.3) is 0 Å². The van der Waals surface area contributed by atoms with Crippen LogP contribution in [0.4, 0.5) is 0 Å². The molecule has 1 aromatic heterocycles. The van der Waals surface area contributed by atoms with Crippen LogP contribution in [0.1, 0.15) is 26.2 Å². The lowest BCUT2D eigenvalue weighted by Gasteiger charge is -2.28. The van der Waals surface area contributed by atoms with E-state index in [0.29, 0.717) is 12.5 Å². The summed E-state index contributed by atoms with van der Waals surface area (Å²) in [6.45, 7) is 5.68. The molecule has 0 spiro atoms. The first-order valence-corrected chi connectivity index (χ1v) is 6.77. The van der Waals surface area contributed by atoms with Gasteiger partial charge in [-0.05, 0) is 19.4 Å². The summed E-state index contributed by atoms with van der Waals surface area (Å²) in [6.07, 6.45) is 8.06. The van der Waals surface area contributed by atoms with Crippen molar-refractivity contribution in [1.82, 2.24) is 19.8 Å². The molecule has 1 aliphatic rings. The molecule has 18 heavy (non-hydrogen) atoms. The normalized spacial score (nSPS) is 19.1. The van der Waals surface area contributed by atoms with Crippen molar-refractivity contribution in [3.63, 3.8) is 0 Å². The van der Waals surface area contributed by atoms with Crippen LogP contribution in [0.2, 0.25) is 0 Å². The maximum Gasteiger partial charge on any atom is 0.224 e. The monoisotopic (exact) mass is 250 g/mol. The minimum absolute atomic E-state index is 0.263. The predicted octanol–water partition coefficient (Wildman–Crippen LogP) is 0.874. The molecule has 0 bridgehead atoms. The summed E-state index contributed by atoms with van der Waals surface area (Å²) >= 11 is 0. The fourth-order valence-electron chi connectivity index (χ4n) is 2.44. The van der Waals surface area contributed by atoms with Gasteiger partial charge in [-0.2, -0.15) is 0 Å². The lowest BCUT2D eigenvalue weighted by atomic mass is 10.2. The van der Waals surface area contributed by atoms with Crippen molar-refractivity contribution >= 4 is 5.91 Å². The molecule has 0 aromatic carbocycles. The van der Waals surface area contributed by atoms with Crippen LogP contribution in [0.25, 0.3) is 0 Å². The first kappa shape index (κ1) is 13.1. The van der Waals surface area contributed by atoms with Gasteiger partial charge in [-0.15, -0.1) is 0 Å². The Hall–Kier alpha value is -1.36. The van der Waals surface area contributed by atoms with Crippen molar-refractivity contribution in [3.8, 4) is 0 Å². The third kappa shape index (κ3) is 3.32. The number of nitrogens with zero attached hydrogens (tertiary/aromatic N) is 3. The topological polar surface area (TPSA) is 50.2 Å². The molecular weight excluding hydrogens is 228 g/mol. The van der Waals surface area contributed by atoms with Crippen molar-refractivity contribution in [1.29, 1.82) is 0 Å². The number of nitrogens with one attached hydrogen (secondary N) is 1. The van der Waals surface area contributed by atoms with Crippen LogP contribution in [-0.2, 0) is 11.3 Å². The van der Waals surface area contributed by atoms with E-state index in [1.54, 1.807) is 12.5 Å². The summed E-state index contributed by atoms with van der Waals surface area (Å²) in [4.78, 5) is 18.3. The Balaban J connectivity index is 1.86. The van der Waals surface area contributed by atoms with E-state index in [4.69, 9.17) is 0 Å². The molecule has 5 heteroatoms. The number of hydrogen-bond acceptors (Lipinski definition) is 3. The summed E-state index contributed by atoms with van der Waals surface area (Å²) in [7, 11) is 0. The standard InChI is InChI=1S/C13H22N4O/c1-2-7-17(12-3-5-14-10-12)13(18)4-8-16-9-6-15-11-16/h6,9,11-12,14H,2-5,7-8,10H2,1H3. The van der Waals surface area contributed by atoms with E-state index in [9.17, 15) is 4.79 Å². The molecule has 0 saturated carbocycles. The molecule has 2 heterocycles. The van der Waals surface area contributed by atoms with Crippen LogP contribution in [0.3, 0.4) is 0 Å². The maximum absolute atomic E-state index is 12.3. The molecular formula is C13H22N4O. The number of carbonyl (C=O) groups is 1. The van der Waals surface area contributed by atoms with E-state index in [2.05, 4.69) is 22.1 Å². The number of amides is 1. The molecule has 2 rings (SSSR count). The SMILES string of the molecule is CCCN(C(=O)CCn1ccnc1)C1CCNC1. The minimum Gasteiger partial charge on any atom is -0.338 e. The molecule has 0 aliphatic carbocycles. The third-order valence-corrected chi connectivity index (χ3v) is 3.40. The van der Waals surface area contributed by atoms with Crippen LogP contribution in [-0.4, -0.2) is 46.0 Å². The highest BCUT2D eigenvalue weighted by Gasteiger charge is 2.25. The zero-order chi connectivity index (χ0) is 12.8. The Kier molecular flexibility index (Phi) is 4.75. The van der Waals surface area contributed by atoms with Gasteiger partial charge < -0.3 is 14.8 Å². The van der Waals surface area contributed by atoms with E-state index in [0.717, 1.165) is 39.0 Å². The number of rotatable bonds is 6. The predicted molar refractivity (Wildman–Crippen MR) is 70.1 cm³/mol. The smallest absolute Gasteiger partial charge is 0.224 e. The van der Waals surface area contributed by atoms with Gasteiger partial charge in [-0.25, -0.2) is 4.98 Å². The van der Waals surface area contributed by atoms with E-state index in [-0.39, 0.29) is 5.91 Å². The van der Waals surface area contributed by atoms with Gasteiger partial charge in [-0.1, -0.05) is 6.92 Å². The third-order valence-electron chi connectivity index (χ3n) is 3.40. The first-order chi connectivity index (χ1) is 8.81. The Labute approximate surface area is 108 Å². The molecule has 1 aliphatic heterocycles. The summed E-state index contributed by atoms with van der Waals surface area (Å²) in [5.74, 6) is 0.263. The van der Waals surface area contributed by atoms with E-state index < -0.39 is 0 Å². The van der Waals surface area contributed by atoms with Crippen molar-refractivity contribution < 1.29 is 4.79 Å². The summed E-state index contributed by atoms with van der Waals surface area (Å²) in [5, 5.41) is 3.33. The second-order valence-electron chi connectivity index (χ2n) is 4.78. The first-order valence-electron chi connectivity index (χ1n) is 6.77. The molecule has 1 atom stereocenters. The second kappa shape index (κ2) is 6.54. The Bertz CT molecular complexity index is 357. The highest BCUT2D eigenvalue weighted by atomic mass is 16.2. The van der Waals surface area contributed by atoms with Crippen molar-refractivity contribution in [2.45, 2.75) is 38.8 Å². The van der Waals surface area contributed by atoms with Gasteiger partial charge in [0, 0.05) is 44.5 Å². The van der Waals surface area contributed by atoms with Gasteiger partial charge in [0.05, 0.1) is 6.33 Å². The van der Waals surface area contributed by atoms with E-state index >= 15 is 0 Å². The van der Waals surface area contributed by atoms with Gasteiger partial charge in [0.1, 0.15) is 0 Å². The Morgan fingerprint density at radius 3 is 3.11 bits per heavy atom. The molecule has 1 N–H and O–H groups in total. The zero-order valence-corrected chi connectivity index (χ0v) is 11.0. The number of carbonyl (C=O) groups excluding carboxylic acids is 1. The van der Waals surface area contributed by atoms with Crippen molar-refractivity contribution in [3.05, 3.63) is 18.7 Å². The molecule has 1 fully saturated rings. The maximum atomic E-state index is 12.3. The average molecular weight is 250 g/mol. The minimum atomic E-state index is 0.263. The van der Waals surface area contributed by atoms with Gasteiger partial charge in [0.15, 0.2) is 0 Å². The molecule has 0 radical (unpaired) electrons. The van der Waals surface area contributed by atoms with Crippen molar-refractivity contribution in [2.75, 3.05) is 19.6 Å². The van der Waals surface area contributed by atoms with E-state index in [1.165, 1.54) is 0 Å². The molecule has 1 aromatic rings. The molecule has 1 amide bonds. The summed E-state index contributed by atoms with van der Waals surface area (Å²) < 4.78 is 1.95. The lowest BCUT2D eigenvalue weighted by molar-refractivity contribution is -0.133. The second-order valence-corrected chi connectivity index (χ2v) is 4.78. The van der Waals surface area contributed by atoms with Crippen LogP contribution in [0.15, 0.2) is 18.7 Å². The molecule has 5 nitrogen and oxygen atoms in total. The number of imidazole rings is 1. The Morgan fingerprint density at radius 2 is 2.50 bits per heavy atom. The van der Waals surface area contributed by atoms with Gasteiger partial charge in [0.2, 0.25) is 5.91 Å². The fraction of sp³-hybridized carbons (Fsp3) is 0.692. The molecule has 1 unspecified atom stereocenters. The quantitative estimate of drug-likeness (QED) is 0.815. The highest BCUT2D eigenvalue weighted by molar-refractivity contribution is 5.76. The average Bonchev–Trinajstić information content (AvgIpc) is 3.05. The van der Waals surface area contributed by atoms with Crippen LogP contribution in [0.5, 0.6) is 0 Å². The van der Waals surface area contributed by atoms with Gasteiger partial charge in [-0.3, -0.25) is 4.79 Å². The number of hydrogen-bond donors (Lipinski definition) is 1. The van der Waals surface area contributed by atoms with Crippen LogP contribution in [0, 0.1) is 0 Å². The summed E-state index contributed by atoms with van der Waals surface area (Å²) in [6, 6.07) is 0.389.